The van der Waals surface area contributed by atoms with Gasteiger partial charge in [0, 0.05) is 31.5 Å². The highest BCUT2D eigenvalue weighted by molar-refractivity contribution is 5.93. The van der Waals surface area contributed by atoms with Crippen molar-refractivity contribution in [3.63, 3.8) is 0 Å². The minimum atomic E-state index is -0.748. The zero-order valence-electron chi connectivity index (χ0n) is 19.6. The fraction of sp³-hybridized carbons (Fsp3) is 0.480. The molecule has 180 valence electrons. The molecule has 2 aromatic rings. The topological polar surface area (TPSA) is 105 Å². The summed E-state index contributed by atoms with van der Waals surface area (Å²) in [4.78, 5) is 40.5. The Morgan fingerprint density at radius 1 is 1.12 bits per heavy atom. The third-order valence-corrected chi connectivity index (χ3v) is 5.79. The molecule has 0 saturated carbocycles. The van der Waals surface area contributed by atoms with Gasteiger partial charge in [-0.3, -0.25) is 14.4 Å². The summed E-state index contributed by atoms with van der Waals surface area (Å²) in [6.07, 6.45) is 1.72. The molecular weight excluding hydrogens is 440 g/mol. The highest BCUT2D eigenvalue weighted by Gasteiger charge is 2.39. The predicted octanol–water partition coefficient (Wildman–Crippen LogP) is 2.40. The first kappa shape index (κ1) is 26.6. The largest absolute Gasteiger partial charge is 0.353 e. The summed E-state index contributed by atoms with van der Waals surface area (Å²) < 4.78 is 0. The van der Waals surface area contributed by atoms with Crippen molar-refractivity contribution in [3.05, 3.63) is 48.0 Å². The molecule has 0 radical (unpaired) electrons. The van der Waals surface area contributed by atoms with E-state index in [2.05, 4.69) is 10.6 Å². The maximum Gasteiger partial charge on any atom is 0.243 e. The molecule has 1 fully saturated rings. The maximum absolute atomic E-state index is 13.2. The van der Waals surface area contributed by atoms with Crippen LogP contribution < -0.4 is 16.4 Å². The van der Waals surface area contributed by atoms with E-state index in [0.717, 1.165) is 22.8 Å². The molecule has 8 heteroatoms. The summed E-state index contributed by atoms with van der Waals surface area (Å²) in [5.74, 6) is -0.605. The first-order valence-electron chi connectivity index (χ1n) is 11.3. The van der Waals surface area contributed by atoms with Crippen molar-refractivity contribution in [1.82, 2.24) is 15.5 Å². The van der Waals surface area contributed by atoms with Gasteiger partial charge in [0.2, 0.25) is 17.7 Å². The number of carbonyl (C=O) groups is 3. The van der Waals surface area contributed by atoms with Crippen LogP contribution in [0.5, 0.6) is 0 Å². The SMILES string of the molecule is CC(C)(C)C(=O)N1CCC[C@H]1C(=O)N[C@H](Cc1ccc2ccccc2c1)C(=O)NCCN.Cl. The number of carbonyl (C=O) groups excluding carboxylic acids is 3. The van der Waals surface area contributed by atoms with E-state index in [1.807, 2.05) is 63.2 Å². The molecule has 2 atom stereocenters. The number of hydrogen-bond donors (Lipinski definition) is 3. The Morgan fingerprint density at radius 2 is 1.82 bits per heavy atom. The van der Waals surface area contributed by atoms with Gasteiger partial charge in [-0.05, 0) is 29.2 Å². The molecule has 1 heterocycles. The quantitative estimate of drug-likeness (QED) is 0.573. The van der Waals surface area contributed by atoms with Crippen LogP contribution in [0.3, 0.4) is 0 Å². The number of fused-ring (bicyclic) bond motifs is 1. The lowest BCUT2D eigenvalue weighted by atomic mass is 9.94. The summed E-state index contributed by atoms with van der Waals surface area (Å²) in [5, 5.41) is 7.90. The van der Waals surface area contributed by atoms with E-state index in [9.17, 15) is 14.4 Å². The second-order valence-electron chi connectivity index (χ2n) is 9.43. The second-order valence-corrected chi connectivity index (χ2v) is 9.43. The van der Waals surface area contributed by atoms with Crippen LogP contribution in [-0.2, 0) is 20.8 Å². The van der Waals surface area contributed by atoms with E-state index in [4.69, 9.17) is 5.73 Å². The van der Waals surface area contributed by atoms with Gasteiger partial charge in [0.25, 0.3) is 0 Å². The Labute approximate surface area is 201 Å². The molecule has 33 heavy (non-hydrogen) atoms. The van der Waals surface area contributed by atoms with Gasteiger partial charge in [0.15, 0.2) is 0 Å². The van der Waals surface area contributed by atoms with E-state index in [0.29, 0.717) is 32.5 Å². The van der Waals surface area contributed by atoms with Gasteiger partial charge in [-0.25, -0.2) is 0 Å². The summed E-state index contributed by atoms with van der Waals surface area (Å²) in [7, 11) is 0. The molecule has 3 amide bonds. The molecule has 2 aromatic carbocycles. The van der Waals surface area contributed by atoms with E-state index in [-0.39, 0.29) is 30.1 Å². The minimum absolute atomic E-state index is 0. The summed E-state index contributed by atoms with van der Waals surface area (Å²) in [5.41, 5.74) is 5.92. The smallest absolute Gasteiger partial charge is 0.243 e. The van der Waals surface area contributed by atoms with Crippen LogP contribution in [-0.4, -0.2) is 54.3 Å². The summed E-state index contributed by atoms with van der Waals surface area (Å²) >= 11 is 0. The normalized spacial score (nSPS) is 16.7. The highest BCUT2D eigenvalue weighted by Crippen LogP contribution is 2.26. The van der Waals surface area contributed by atoms with Gasteiger partial charge in [0.1, 0.15) is 12.1 Å². The van der Waals surface area contributed by atoms with Crippen LogP contribution >= 0.6 is 12.4 Å². The van der Waals surface area contributed by atoms with Gasteiger partial charge in [-0.15, -0.1) is 12.4 Å². The molecule has 3 rings (SSSR count). The van der Waals surface area contributed by atoms with Crippen molar-refractivity contribution in [2.75, 3.05) is 19.6 Å². The first-order valence-corrected chi connectivity index (χ1v) is 11.3. The Bertz CT molecular complexity index is 989. The number of nitrogens with one attached hydrogen (secondary N) is 2. The van der Waals surface area contributed by atoms with Crippen LogP contribution in [0.4, 0.5) is 0 Å². The zero-order chi connectivity index (χ0) is 23.3. The zero-order valence-corrected chi connectivity index (χ0v) is 20.4. The Kier molecular flexibility index (Phi) is 9.25. The van der Waals surface area contributed by atoms with Crippen LogP contribution in [0.2, 0.25) is 0 Å². The van der Waals surface area contributed by atoms with Gasteiger partial charge >= 0.3 is 0 Å². The van der Waals surface area contributed by atoms with Gasteiger partial charge < -0.3 is 21.3 Å². The molecule has 0 spiro atoms. The first-order chi connectivity index (χ1) is 15.2. The lowest BCUT2D eigenvalue weighted by Crippen LogP contribution is -2.55. The van der Waals surface area contributed by atoms with Crippen LogP contribution in [0.15, 0.2) is 42.5 Å². The molecule has 1 aliphatic rings. The predicted molar refractivity (Wildman–Crippen MR) is 133 cm³/mol. The number of benzene rings is 2. The maximum atomic E-state index is 13.2. The van der Waals surface area contributed by atoms with E-state index < -0.39 is 17.5 Å². The number of rotatable bonds is 7. The van der Waals surface area contributed by atoms with Crippen molar-refractivity contribution in [1.29, 1.82) is 0 Å². The molecule has 0 bridgehead atoms. The third-order valence-electron chi connectivity index (χ3n) is 5.79. The molecule has 0 unspecified atom stereocenters. The number of likely N-dealkylation sites (tertiary alicyclic amines) is 1. The van der Waals surface area contributed by atoms with Crippen molar-refractivity contribution < 1.29 is 14.4 Å². The molecular formula is C25H35ClN4O3. The van der Waals surface area contributed by atoms with Gasteiger partial charge in [-0.2, -0.15) is 0 Å². The van der Waals surface area contributed by atoms with E-state index in [1.54, 1.807) is 4.90 Å². The molecule has 1 aliphatic heterocycles. The Balaban J connectivity index is 0.00000385. The lowest BCUT2D eigenvalue weighted by molar-refractivity contribution is -0.145. The number of halogens is 1. The van der Waals surface area contributed by atoms with Gasteiger partial charge in [0.05, 0.1) is 0 Å². The van der Waals surface area contributed by atoms with Crippen molar-refractivity contribution in [2.45, 2.75) is 52.1 Å². The molecule has 0 aromatic heterocycles. The average molecular weight is 475 g/mol. The number of amides is 3. The molecule has 0 aliphatic carbocycles. The molecule has 1 saturated heterocycles. The number of hydrogen-bond acceptors (Lipinski definition) is 4. The Hall–Kier alpha value is -2.64. The summed E-state index contributed by atoms with van der Waals surface area (Å²) in [6, 6.07) is 12.7. The molecule has 4 N–H and O–H groups in total. The average Bonchev–Trinajstić information content (AvgIpc) is 3.25. The van der Waals surface area contributed by atoms with E-state index in [1.165, 1.54) is 0 Å². The second kappa shape index (κ2) is 11.5. The van der Waals surface area contributed by atoms with E-state index >= 15 is 0 Å². The van der Waals surface area contributed by atoms with Gasteiger partial charge in [-0.1, -0.05) is 63.2 Å². The number of nitrogens with zero attached hydrogens (tertiary/aromatic N) is 1. The molecule has 7 nitrogen and oxygen atoms in total. The standard InChI is InChI=1S/C25H34N4O3.ClH/c1-25(2,3)24(32)29-14-6-9-21(29)23(31)28-20(22(30)27-13-12-26)16-17-10-11-18-7-4-5-8-19(18)15-17;/h4-5,7-8,10-11,15,20-21H,6,9,12-14,16,26H2,1-3H3,(H,27,30)(H,28,31);1H/t20-,21+;/m1./s1. The lowest BCUT2D eigenvalue weighted by Gasteiger charge is -2.31. The summed E-state index contributed by atoms with van der Waals surface area (Å²) in [6.45, 7) is 6.77. The van der Waals surface area contributed by atoms with Crippen molar-refractivity contribution >= 4 is 40.9 Å². The van der Waals surface area contributed by atoms with Crippen LogP contribution in [0.1, 0.15) is 39.2 Å². The Morgan fingerprint density at radius 3 is 2.48 bits per heavy atom. The van der Waals surface area contributed by atoms with Crippen LogP contribution in [0, 0.1) is 5.41 Å². The van der Waals surface area contributed by atoms with Crippen molar-refractivity contribution in [2.24, 2.45) is 11.1 Å². The number of nitrogens with two attached hydrogens (primary N) is 1. The highest BCUT2D eigenvalue weighted by atomic mass is 35.5. The fourth-order valence-electron chi connectivity index (χ4n) is 4.11. The monoisotopic (exact) mass is 474 g/mol. The third kappa shape index (κ3) is 6.68. The minimum Gasteiger partial charge on any atom is -0.353 e. The van der Waals surface area contributed by atoms with Crippen LogP contribution in [0.25, 0.3) is 10.8 Å². The fourth-order valence-corrected chi connectivity index (χ4v) is 4.11. The van der Waals surface area contributed by atoms with Crippen molar-refractivity contribution in [3.8, 4) is 0 Å².